The summed E-state index contributed by atoms with van der Waals surface area (Å²) in [5, 5.41) is 3.02. The number of rotatable bonds is 6. The maximum Gasteiger partial charge on any atom is 0.321 e. The molecule has 3 rings (SSSR count). The van der Waals surface area contributed by atoms with E-state index in [4.69, 9.17) is 4.74 Å². The van der Waals surface area contributed by atoms with Crippen LogP contribution >= 0.6 is 0 Å². The highest BCUT2D eigenvalue weighted by Gasteiger charge is 2.27. The number of benzene rings is 1. The molecule has 1 fully saturated rings. The van der Waals surface area contributed by atoms with Crippen LogP contribution in [-0.4, -0.2) is 40.7 Å². The number of carbonyl (C=O) groups is 1. The van der Waals surface area contributed by atoms with Gasteiger partial charge in [-0.15, -0.1) is 0 Å². The number of aryl methyl sites for hydroxylation is 2. The van der Waals surface area contributed by atoms with E-state index < -0.39 is 0 Å². The Balaban J connectivity index is 1.68. The molecule has 1 saturated heterocycles. The predicted molar refractivity (Wildman–Crippen MR) is 107 cm³/mol. The van der Waals surface area contributed by atoms with Gasteiger partial charge in [0.05, 0.1) is 12.8 Å². The van der Waals surface area contributed by atoms with Gasteiger partial charge in [0.15, 0.2) is 0 Å². The van der Waals surface area contributed by atoms with Crippen LogP contribution in [0.2, 0.25) is 0 Å². The van der Waals surface area contributed by atoms with E-state index in [-0.39, 0.29) is 11.9 Å². The predicted octanol–water partition coefficient (Wildman–Crippen LogP) is 4.41. The number of nitrogens with one attached hydrogen (secondary N) is 1. The molecule has 0 bridgehead atoms. The van der Waals surface area contributed by atoms with Crippen LogP contribution in [0.4, 0.5) is 10.5 Å². The topological polar surface area (TPSA) is 59.4 Å². The SMILES string of the molecule is CCCCn1ccnc1[C@@H]1CCCN(C(=O)Nc2cc(C)ccc2OC)C1. The van der Waals surface area contributed by atoms with E-state index in [1.807, 2.05) is 36.2 Å². The number of hydrogen-bond donors (Lipinski definition) is 1. The van der Waals surface area contributed by atoms with Crippen molar-refractivity contribution in [2.45, 2.75) is 52.0 Å². The fraction of sp³-hybridized carbons (Fsp3) is 0.524. The molecule has 27 heavy (non-hydrogen) atoms. The van der Waals surface area contributed by atoms with Gasteiger partial charge in [0.25, 0.3) is 0 Å². The summed E-state index contributed by atoms with van der Waals surface area (Å²) in [6, 6.07) is 5.72. The van der Waals surface area contributed by atoms with Crippen LogP contribution in [0.3, 0.4) is 0 Å². The number of hydrogen-bond acceptors (Lipinski definition) is 3. The van der Waals surface area contributed by atoms with Crippen molar-refractivity contribution < 1.29 is 9.53 Å². The van der Waals surface area contributed by atoms with Crippen LogP contribution in [0.15, 0.2) is 30.6 Å². The van der Waals surface area contributed by atoms with Gasteiger partial charge in [0, 0.05) is 37.9 Å². The molecule has 2 amide bonds. The van der Waals surface area contributed by atoms with Crippen LogP contribution in [0.5, 0.6) is 5.75 Å². The number of carbonyl (C=O) groups excluding carboxylic acids is 1. The molecule has 0 aliphatic carbocycles. The maximum atomic E-state index is 12.9. The van der Waals surface area contributed by atoms with E-state index in [0.717, 1.165) is 50.2 Å². The molecule has 1 aromatic carbocycles. The largest absolute Gasteiger partial charge is 0.495 e. The number of aromatic nitrogens is 2. The number of nitrogens with zero attached hydrogens (tertiary/aromatic N) is 3. The molecule has 0 unspecified atom stereocenters. The Bertz CT molecular complexity index is 771. The number of unbranched alkanes of at least 4 members (excludes halogenated alkanes) is 1. The molecule has 146 valence electrons. The number of ether oxygens (including phenoxy) is 1. The Morgan fingerprint density at radius 1 is 1.41 bits per heavy atom. The summed E-state index contributed by atoms with van der Waals surface area (Å²) in [5.41, 5.74) is 1.80. The molecule has 1 aliphatic heterocycles. The minimum atomic E-state index is -0.0738. The lowest BCUT2D eigenvalue weighted by molar-refractivity contribution is 0.190. The van der Waals surface area contributed by atoms with Crippen molar-refractivity contribution in [1.82, 2.24) is 14.5 Å². The molecule has 6 nitrogen and oxygen atoms in total. The highest BCUT2D eigenvalue weighted by atomic mass is 16.5. The summed E-state index contributed by atoms with van der Waals surface area (Å²) in [5.74, 6) is 2.07. The van der Waals surface area contributed by atoms with Crippen molar-refractivity contribution in [3.8, 4) is 5.75 Å². The van der Waals surface area contributed by atoms with Crippen molar-refractivity contribution in [3.63, 3.8) is 0 Å². The van der Waals surface area contributed by atoms with Gasteiger partial charge in [-0.1, -0.05) is 19.4 Å². The van der Waals surface area contributed by atoms with Crippen molar-refractivity contribution in [1.29, 1.82) is 0 Å². The molecular weight excluding hydrogens is 340 g/mol. The first-order chi connectivity index (χ1) is 13.1. The lowest BCUT2D eigenvalue weighted by Gasteiger charge is -2.33. The second kappa shape index (κ2) is 8.93. The lowest BCUT2D eigenvalue weighted by atomic mass is 9.97. The van der Waals surface area contributed by atoms with E-state index in [0.29, 0.717) is 18.0 Å². The number of piperidine rings is 1. The van der Waals surface area contributed by atoms with Gasteiger partial charge in [0.1, 0.15) is 11.6 Å². The second-order valence-corrected chi connectivity index (χ2v) is 7.25. The minimum Gasteiger partial charge on any atom is -0.495 e. The monoisotopic (exact) mass is 370 g/mol. The zero-order valence-electron chi connectivity index (χ0n) is 16.6. The summed E-state index contributed by atoms with van der Waals surface area (Å²) in [7, 11) is 1.62. The Hall–Kier alpha value is -2.50. The van der Waals surface area contributed by atoms with E-state index in [1.165, 1.54) is 0 Å². The first-order valence-electron chi connectivity index (χ1n) is 9.84. The maximum absolute atomic E-state index is 12.9. The van der Waals surface area contributed by atoms with Crippen molar-refractivity contribution in [2.24, 2.45) is 0 Å². The van der Waals surface area contributed by atoms with Crippen LogP contribution in [-0.2, 0) is 6.54 Å². The van der Waals surface area contributed by atoms with Crippen molar-refractivity contribution in [3.05, 3.63) is 42.0 Å². The average molecular weight is 370 g/mol. The number of likely N-dealkylation sites (tertiary alicyclic amines) is 1. The highest BCUT2D eigenvalue weighted by Crippen LogP contribution is 2.29. The number of methoxy groups -OCH3 is 1. The molecule has 1 aromatic heterocycles. The smallest absolute Gasteiger partial charge is 0.321 e. The highest BCUT2D eigenvalue weighted by molar-refractivity contribution is 5.91. The molecule has 0 radical (unpaired) electrons. The van der Waals surface area contributed by atoms with Gasteiger partial charge in [-0.05, 0) is 43.9 Å². The van der Waals surface area contributed by atoms with Crippen LogP contribution < -0.4 is 10.1 Å². The fourth-order valence-electron chi connectivity index (χ4n) is 3.68. The first-order valence-corrected chi connectivity index (χ1v) is 9.84. The van der Waals surface area contributed by atoms with Crippen molar-refractivity contribution in [2.75, 3.05) is 25.5 Å². The van der Waals surface area contributed by atoms with Crippen LogP contribution in [0, 0.1) is 6.92 Å². The zero-order valence-corrected chi connectivity index (χ0v) is 16.6. The zero-order chi connectivity index (χ0) is 19.2. The summed E-state index contributed by atoms with van der Waals surface area (Å²) < 4.78 is 7.62. The fourth-order valence-corrected chi connectivity index (χ4v) is 3.68. The Kier molecular flexibility index (Phi) is 6.37. The molecule has 2 heterocycles. The molecule has 1 aliphatic rings. The first kappa shape index (κ1) is 19.3. The average Bonchev–Trinajstić information content (AvgIpc) is 3.15. The number of anilines is 1. The van der Waals surface area contributed by atoms with E-state index in [9.17, 15) is 4.79 Å². The van der Waals surface area contributed by atoms with E-state index in [2.05, 4.69) is 28.0 Å². The van der Waals surface area contributed by atoms with Crippen LogP contribution in [0.25, 0.3) is 0 Å². The quantitative estimate of drug-likeness (QED) is 0.819. The normalized spacial score (nSPS) is 17.0. The molecule has 1 atom stereocenters. The van der Waals surface area contributed by atoms with E-state index in [1.54, 1.807) is 7.11 Å². The number of amides is 2. The molecule has 2 aromatic rings. The molecule has 0 spiro atoms. The molecule has 6 heteroatoms. The lowest BCUT2D eigenvalue weighted by Crippen LogP contribution is -2.42. The van der Waals surface area contributed by atoms with Gasteiger partial charge in [0.2, 0.25) is 0 Å². The van der Waals surface area contributed by atoms with Gasteiger partial charge in [-0.25, -0.2) is 9.78 Å². The van der Waals surface area contributed by atoms with Gasteiger partial charge >= 0.3 is 6.03 Å². The summed E-state index contributed by atoms with van der Waals surface area (Å²) in [4.78, 5) is 19.3. The Morgan fingerprint density at radius 2 is 2.26 bits per heavy atom. The summed E-state index contributed by atoms with van der Waals surface area (Å²) in [6.07, 6.45) is 8.30. The standard InChI is InChI=1S/C21H30N4O2/c1-4-5-11-24-13-10-22-20(24)17-7-6-12-25(15-17)21(26)23-18-14-16(2)8-9-19(18)27-3/h8-10,13-14,17H,4-7,11-12,15H2,1-3H3,(H,23,26)/t17-/m1/s1. The van der Waals surface area contributed by atoms with Gasteiger partial charge in [-0.3, -0.25) is 0 Å². The summed E-state index contributed by atoms with van der Waals surface area (Å²) >= 11 is 0. The number of urea groups is 1. The third-order valence-corrected chi connectivity index (χ3v) is 5.17. The molecular formula is C21H30N4O2. The summed E-state index contributed by atoms with van der Waals surface area (Å²) in [6.45, 7) is 6.66. The third kappa shape index (κ3) is 4.62. The minimum absolute atomic E-state index is 0.0738. The second-order valence-electron chi connectivity index (χ2n) is 7.25. The third-order valence-electron chi connectivity index (χ3n) is 5.17. The molecule has 1 N–H and O–H groups in total. The Labute approximate surface area is 161 Å². The van der Waals surface area contributed by atoms with Gasteiger partial charge in [-0.2, -0.15) is 0 Å². The van der Waals surface area contributed by atoms with Gasteiger partial charge < -0.3 is 19.5 Å². The number of imidazole rings is 1. The molecule has 0 saturated carbocycles. The Morgan fingerprint density at radius 3 is 3.04 bits per heavy atom. The van der Waals surface area contributed by atoms with E-state index >= 15 is 0 Å². The van der Waals surface area contributed by atoms with Crippen molar-refractivity contribution >= 4 is 11.7 Å². The van der Waals surface area contributed by atoms with Crippen LogP contribution in [0.1, 0.15) is 49.9 Å².